The fourth-order valence-electron chi connectivity index (χ4n) is 1.54. The molecule has 17 heavy (non-hydrogen) atoms. The Balaban J connectivity index is 2.68. The van der Waals surface area contributed by atoms with Crippen LogP contribution in [0.3, 0.4) is 0 Å². The Kier molecular flexibility index (Phi) is 4.97. The molecule has 94 valence electrons. The zero-order valence-corrected chi connectivity index (χ0v) is 10.6. The number of carbonyl (C=O) groups excluding carboxylic acids is 1. The van der Waals surface area contributed by atoms with E-state index in [1.165, 1.54) is 6.07 Å². The normalized spacial score (nSPS) is 10.3. The summed E-state index contributed by atoms with van der Waals surface area (Å²) in [6, 6.07) is 4.75. The fraction of sp³-hybridized carbons (Fsp3) is 0.462. The maximum atomic E-state index is 12.1. The van der Waals surface area contributed by atoms with Gasteiger partial charge in [0.05, 0.1) is 6.61 Å². The van der Waals surface area contributed by atoms with E-state index in [0.29, 0.717) is 25.3 Å². The molecule has 4 nitrogen and oxygen atoms in total. The highest BCUT2D eigenvalue weighted by Gasteiger charge is 2.13. The van der Waals surface area contributed by atoms with Crippen LogP contribution in [0.2, 0.25) is 0 Å². The van der Waals surface area contributed by atoms with E-state index in [9.17, 15) is 9.90 Å². The van der Waals surface area contributed by atoms with Crippen molar-refractivity contribution in [2.45, 2.75) is 13.8 Å². The molecule has 0 spiro atoms. The number of aryl methyl sites for hydroxylation is 1. The van der Waals surface area contributed by atoms with Crippen molar-refractivity contribution in [3.8, 4) is 5.75 Å². The van der Waals surface area contributed by atoms with Crippen molar-refractivity contribution in [2.75, 3.05) is 26.8 Å². The van der Waals surface area contributed by atoms with E-state index in [-0.39, 0.29) is 11.7 Å². The molecule has 0 bridgehead atoms. The molecule has 0 aliphatic heterocycles. The van der Waals surface area contributed by atoms with Gasteiger partial charge < -0.3 is 14.7 Å². The number of nitrogens with zero attached hydrogens (tertiary/aromatic N) is 1. The van der Waals surface area contributed by atoms with Crippen molar-refractivity contribution in [3.63, 3.8) is 0 Å². The molecule has 1 rings (SSSR count). The number of carbonyl (C=O) groups is 1. The van der Waals surface area contributed by atoms with Gasteiger partial charge in [0.1, 0.15) is 5.75 Å². The van der Waals surface area contributed by atoms with E-state index in [0.717, 1.165) is 5.56 Å². The Hall–Kier alpha value is -1.55. The van der Waals surface area contributed by atoms with Crippen LogP contribution < -0.4 is 0 Å². The third kappa shape index (κ3) is 3.75. The van der Waals surface area contributed by atoms with Crippen molar-refractivity contribution in [2.24, 2.45) is 0 Å². The summed E-state index contributed by atoms with van der Waals surface area (Å²) in [5.74, 6) is 0.123. The predicted molar refractivity (Wildman–Crippen MR) is 66.3 cm³/mol. The lowest BCUT2D eigenvalue weighted by atomic mass is 10.1. The van der Waals surface area contributed by atoms with Crippen LogP contribution in [0.5, 0.6) is 5.75 Å². The third-order valence-electron chi connectivity index (χ3n) is 2.56. The standard InChI is InChI=1S/C13H19NO3/c1-4-17-8-7-14(3)13(16)12-6-5-11(15)9-10(12)2/h5-6,9,15H,4,7-8H2,1-3H3. The van der Waals surface area contributed by atoms with Crippen LogP contribution in [0.1, 0.15) is 22.8 Å². The average molecular weight is 237 g/mol. The summed E-state index contributed by atoms with van der Waals surface area (Å²) in [6.45, 7) is 5.48. The number of hydrogen-bond acceptors (Lipinski definition) is 3. The molecule has 0 saturated carbocycles. The van der Waals surface area contributed by atoms with Gasteiger partial charge in [0.25, 0.3) is 5.91 Å². The first-order chi connectivity index (χ1) is 8.06. The van der Waals surface area contributed by atoms with Crippen molar-refractivity contribution >= 4 is 5.91 Å². The lowest BCUT2D eigenvalue weighted by Crippen LogP contribution is -2.30. The molecule has 0 saturated heterocycles. The van der Waals surface area contributed by atoms with Crippen molar-refractivity contribution < 1.29 is 14.6 Å². The highest BCUT2D eigenvalue weighted by Crippen LogP contribution is 2.16. The largest absolute Gasteiger partial charge is 0.508 e. The fourth-order valence-corrected chi connectivity index (χ4v) is 1.54. The molecule has 0 aliphatic rings. The Bertz CT molecular complexity index is 390. The molecule has 0 heterocycles. The summed E-state index contributed by atoms with van der Waals surface area (Å²) >= 11 is 0. The number of phenolic OH excluding ortho intramolecular Hbond substituents is 1. The van der Waals surface area contributed by atoms with Crippen LogP contribution in [0.15, 0.2) is 18.2 Å². The molecule has 4 heteroatoms. The van der Waals surface area contributed by atoms with E-state index in [4.69, 9.17) is 4.74 Å². The molecule has 1 aromatic carbocycles. The summed E-state index contributed by atoms with van der Waals surface area (Å²) in [4.78, 5) is 13.7. The third-order valence-corrected chi connectivity index (χ3v) is 2.56. The second-order valence-electron chi connectivity index (χ2n) is 3.92. The molecule has 1 aromatic rings. The Morgan fingerprint density at radius 2 is 2.18 bits per heavy atom. The maximum Gasteiger partial charge on any atom is 0.253 e. The van der Waals surface area contributed by atoms with Crippen LogP contribution in [0.4, 0.5) is 0 Å². The summed E-state index contributed by atoms with van der Waals surface area (Å²) in [5, 5.41) is 9.29. The monoisotopic (exact) mass is 237 g/mol. The highest BCUT2D eigenvalue weighted by atomic mass is 16.5. The molecule has 0 radical (unpaired) electrons. The first-order valence-corrected chi connectivity index (χ1v) is 5.69. The van der Waals surface area contributed by atoms with Gasteiger partial charge in [0.15, 0.2) is 0 Å². The van der Waals surface area contributed by atoms with Gasteiger partial charge in [-0.1, -0.05) is 0 Å². The Morgan fingerprint density at radius 3 is 2.76 bits per heavy atom. The second kappa shape index (κ2) is 6.25. The van der Waals surface area contributed by atoms with Crippen LogP contribution in [0.25, 0.3) is 0 Å². The van der Waals surface area contributed by atoms with Crippen molar-refractivity contribution in [1.29, 1.82) is 0 Å². The van der Waals surface area contributed by atoms with Crippen LogP contribution >= 0.6 is 0 Å². The topological polar surface area (TPSA) is 49.8 Å². The lowest BCUT2D eigenvalue weighted by Gasteiger charge is -2.18. The van der Waals surface area contributed by atoms with Gasteiger partial charge in [0, 0.05) is 25.8 Å². The van der Waals surface area contributed by atoms with Gasteiger partial charge in [-0.15, -0.1) is 0 Å². The first kappa shape index (κ1) is 13.5. The molecule has 0 fully saturated rings. The quantitative estimate of drug-likeness (QED) is 0.794. The SMILES string of the molecule is CCOCCN(C)C(=O)c1ccc(O)cc1C. The van der Waals surface area contributed by atoms with Crippen LogP contribution in [-0.2, 0) is 4.74 Å². The Labute approximate surface area is 102 Å². The second-order valence-corrected chi connectivity index (χ2v) is 3.92. The highest BCUT2D eigenvalue weighted by molar-refractivity contribution is 5.95. The number of hydrogen-bond donors (Lipinski definition) is 1. The van der Waals surface area contributed by atoms with E-state index >= 15 is 0 Å². The van der Waals surface area contributed by atoms with E-state index < -0.39 is 0 Å². The zero-order chi connectivity index (χ0) is 12.8. The minimum atomic E-state index is -0.0535. The number of benzene rings is 1. The van der Waals surface area contributed by atoms with Gasteiger partial charge >= 0.3 is 0 Å². The van der Waals surface area contributed by atoms with Gasteiger partial charge in [-0.05, 0) is 37.6 Å². The maximum absolute atomic E-state index is 12.1. The number of likely N-dealkylation sites (N-methyl/N-ethyl adjacent to an activating group) is 1. The summed E-state index contributed by atoms with van der Waals surface area (Å²) < 4.78 is 5.21. The zero-order valence-electron chi connectivity index (χ0n) is 10.6. The first-order valence-electron chi connectivity index (χ1n) is 5.69. The summed E-state index contributed by atoms with van der Waals surface area (Å²) in [6.07, 6.45) is 0. The molecule has 0 atom stereocenters. The van der Waals surface area contributed by atoms with Gasteiger partial charge in [-0.2, -0.15) is 0 Å². The number of amides is 1. The number of rotatable bonds is 5. The van der Waals surface area contributed by atoms with E-state index in [1.54, 1.807) is 24.1 Å². The number of aromatic hydroxyl groups is 1. The summed E-state index contributed by atoms with van der Waals surface area (Å²) in [7, 11) is 1.74. The van der Waals surface area contributed by atoms with E-state index in [2.05, 4.69) is 0 Å². The molecule has 0 aliphatic carbocycles. The molecule has 1 amide bonds. The van der Waals surface area contributed by atoms with Crippen LogP contribution in [-0.4, -0.2) is 42.7 Å². The molecule has 0 aromatic heterocycles. The molecular weight excluding hydrogens is 218 g/mol. The predicted octanol–water partition coefficient (Wildman–Crippen LogP) is 1.81. The van der Waals surface area contributed by atoms with Crippen molar-refractivity contribution in [3.05, 3.63) is 29.3 Å². The molecular formula is C13H19NO3. The summed E-state index contributed by atoms with van der Waals surface area (Å²) in [5.41, 5.74) is 1.39. The average Bonchev–Trinajstić information content (AvgIpc) is 2.28. The molecule has 0 unspecified atom stereocenters. The smallest absolute Gasteiger partial charge is 0.253 e. The number of ether oxygens (including phenoxy) is 1. The van der Waals surface area contributed by atoms with Gasteiger partial charge in [-0.3, -0.25) is 4.79 Å². The number of phenols is 1. The minimum Gasteiger partial charge on any atom is -0.508 e. The van der Waals surface area contributed by atoms with Crippen LogP contribution in [0, 0.1) is 6.92 Å². The minimum absolute atomic E-state index is 0.0535. The lowest BCUT2D eigenvalue weighted by molar-refractivity contribution is 0.0709. The van der Waals surface area contributed by atoms with E-state index in [1.807, 2.05) is 13.8 Å². The Morgan fingerprint density at radius 1 is 1.47 bits per heavy atom. The van der Waals surface area contributed by atoms with Gasteiger partial charge in [-0.25, -0.2) is 0 Å². The molecule has 1 N–H and O–H groups in total. The van der Waals surface area contributed by atoms with Crippen molar-refractivity contribution in [1.82, 2.24) is 4.90 Å². The van der Waals surface area contributed by atoms with Gasteiger partial charge in [0.2, 0.25) is 0 Å².